The van der Waals surface area contributed by atoms with E-state index in [0.29, 0.717) is 37.8 Å². The monoisotopic (exact) mass is 334 g/mol. The molecule has 2 fully saturated rings. The molecule has 3 rings (SSSR count). The van der Waals surface area contributed by atoms with E-state index in [1.807, 2.05) is 0 Å². The summed E-state index contributed by atoms with van der Waals surface area (Å²) in [6, 6.07) is 0. The first-order chi connectivity index (χ1) is 11.6. The summed E-state index contributed by atoms with van der Waals surface area (Å²) in [5.74, 6) is 0.619. The SMILES string of the molecule is COc1cncc(O[C@@H]2CCCN(C(=O)[C@H]3CC(=O)N(C)C3)C2)n1. The van der Waals surface area contributed by atoms with Crippen LogP contribution in [0.5, 0.6) is 11.8 Å². The van der Waals surface area contributed by atoms with Gasteiger partial charge in [-0.2, -0.15) is 4.98 Å². The smallest absolute Gasteiger partial charge is 0.235 e. The molecule has 1 aromatic rings. The van der Waals surface area contributed by atoms with Crippen molar-refractivity contribution < 1.29 is 19.1 Å². The molecule has 0 N–H and O–H groups in total. The molecule has 1 aromatic heterocycles. The molecule has 2 aliphatic heterocycles. The lowest BCUT2D eigenvalue weighted by Gasteiger charge is -2.34. The van der Waals surface area contributed by atoms with Crippen LogP contribution in [0.4, 0.5) is 0 Å². The number of hydrogen-bond donors (Lipinski definition) is 0. The zero-order valence-corrected chi connectivity index (χ0v) is 14.0. The van der Waals surface area contributed by atoms with Crippen molar-refractivity contribution in [1.29, 1.82) is 0 Å². The number of likely N-dealkylation sites (tertiary alicyclic amines) is 2. The van der Waals surface area contributed by atoms with Gasteiger partial charge >= 0.3 is 0 Å². The van der Waals surface area contributed by atoms with Gasteiger partial charge in [0.15, 0.2) is 0 Å². The molecule has 0 aliphatic carbocycles. The fourth-order valence-electron chi connectivity index (χ4n) is 3.18. The third-order valence-electron chi connectivity index (χ3n) is 4.47. The first-order valence-electron chi connectivity index (χ1n) is 8.12. The van der Waals surface area contributed by atoms with Gasteiger partial charge in [-0.1, -0.05) is 0 Å². The van der Waals surface area contributed by atoms with E-state index in [1.165, 1.54) is 19.5 Å². The topological polar surface area (TPSA) is 84.9 Å². The van der Waals surface area contributed by atoms with Crippen molar-refractivity contribution in [3.8, 4) is 11.8 Å². The summed E-state index contributed by atoms with van der Waals surface area (Å²) in [6.07, 6.45) is 4.94. The maximum absolute atomic E-state index is 12.6. The Labute approximate surface area is 140 Å². The van der Waals surface area contributed by atoms with Crippen molar-refractivity contribution >= 4 is 11.8 Å². The Hall–Kier alpha value is -2.38. The van der Waals surface area contributed by atoms with E-state index in [-0.39, 0.29) is 23.8 Å². The van der Waals surface area contributed by atoms with Crippen LogP contribution in [0.1, 0.15) is 19.3 Å². The maximum Gasteiger partial charge on any atom is 0.235 e. The lowest BCUT2D eigenvalue weighted by Crippen LogP contribution is -2.47. The van der Waals surface area contributed by atoms with Crippen molar-refractivity contribution in [2.45, 2.75) is 25.4 Å². The van der Waals surface area contributed by atoms with Crippen molar-refractivity contribution in [1.82, 2.24) is 19.8 Å². The molecule has 2 amide bonds. The van der Waals surface area contributed by atoms with Gasteiger partial charge in [0.1, 0.15) is 6.10 Å². The fraction of sp³-hybridized carbons (Fsp3) is 0.625. The Morgan fingerprint density at radius 1 is 1.29 bits per heavy atom. The molecular formula is C16H22N4O4. The zero-order chi connectivity index (χ0) is 17.1. The molecule has 2 aliphatic rings. The minimum atomic E-state index is -0.238. The first-order valence-corrected chi connectivity index (χ1v) is 8.12. The lowest BCUT2D eigenvalue weighted by atomic mass is 10.0. The van der Waals surface area contributed by atoms with Gasteiger partial charge in [-0.3, -0.25) is 14.6 Å². The molecule has 3 heterocycles. The van der Waals surface area contributed by atoms with Gasteiger partial charge in [0.25, 0.3) is 0 Å². The van der Waals surface area contributed by atoms with Crippen molar-refractivity contribution in [2.24, 2.45) is 5.92 Å². The number of hydrogen-bond acceptors (Lipinski definition) is 6. The van der Waals surface area contributed by atoms with Gasteiger partial charge < -0.3 is 19.3 Å². The summed E-state index contributed by atoms with van der Waals surface area (Å²) in [7, 11) is 3.26. The molecule has 0 bridgehead atoms. The number of methoxy groups -OCH3 is 1. The Morgan fingerprint density at radius 2 is 2.08 bits per heavy atom. The number of rotatable bonds is 4. The molecule has 0 radical (unpaired) electrons. The van der Waals surface area contributed by atoms with Gasteiger partial charge in [0.2, 0.25) is 23.6 Å². The van der Waals surface area contributed by atoms with Gasteiger partial charge in [-0.05, 0) is 12.8 Å². The molecule has 130 valence electrons. The summed E-state index contributed by atoms with van der Waals surface area (Å²) in [4.78, 5) is 35.9. The maximum atomic E-state index is 12.6. The number of aromatic nitrogens is 2. The highest BCUT2D eigenvalue weighted by Gasteiger charge is 2.36. The van der Waals surface area contributed by atoms with E-state index in [2.05, 4.69) is 9.97 Å². The summed E-state index contributed by atoms with van der Waals surface area (Å²) in [5.41, 5.74) is 0. The van der Waals surface area contributed by atoms with Crippen LogP contribution in [0.2, 0.25) is 0 Å². The molecule has 0 aromatic carbocycles. The normalized spacial score (nSPS) is 24.2. The van der Waals surface area contributed by atoms with Gasteiger partial charge in [0, 0.05) is 26.6 Å². The fourth-order valence-corrected chi connectivity index (χ4v) is 3.18. The number of ether oxygens (including phenoxy) is 2. The molecule has 8 nitrogen and oxygen atoms in total. The van der Waals surface area contributed by atoms with E-state index < -0.39 is 0 Å². The van der Waals surface area contributed by atoms with E-state index >= 15 is 0 Å². The molecule has 2 saturated heterocycles. The summed E-state index contributed by atoms with van der Waals surface area (Å²) in [6.45, 7) is 1.71. The molecule has 0 spiro atoms. The quantitative estimate of drug-likeness (QED) is 0.789. The number of piperidine rings is 1. The highest BCUT2D eigenvalue weighted by molar-refractivity contribution is 5.89. The highest BCUT2D eigenvalue weighted by atomic mass is 16.5. The van der Waals surface area contributed by atoms with E-state index in [1.54, 1.807) is 16.8 Å². The van der Waals surface area contributed by atoms with Gasteiger partial charge in [0.05, 0.1) is 32.0 Å². The molecular weight excluding hydrogens is 312 g/mol. The summed E-state index contributed by atoms with van der Waals surface area (Å²) >= 11 is 0. The van der Waals surface area contributed by atoms with Crippen LogP contribution in [-0.4, -0.2) is 71.5 Å². The third kappa shape index (κ3) is 3.58. The van der Waals surface area contributed by atoms with E-state index in [4.69, 9.17) is 9.47 Å². The number of amides is 2. The predicted octanol–water partition coefficient (Wildman–Crippen LogP) is 0.333. The van der Waals surface area contributed by atoms with Crippen molar-refractivity contribution in [2.75, 3.05) is 33.8 Å². The second-order valence-electron chi connectivity index (χ2n) is 6.24. The average molecular weight is 334 g/mol. The lowest BCUT2D eigenvalue weighted by molar-refractivity contribution is -0.138. The van der Waals surface area contributed by atoms with Crippen LogP contribution >= 0.6 is 0 Å². The highest BCUT2D eigenvalue weighted by Crippen LogP contribution is 2.23. The van der Waals surface area contributed by atoms with Crippen molar-refractivity contribution in [3.05, 3.63) is 12.4 Å². The minimum absolute atomic E-state index is 0.0322. The predicted molar refractivity (Wildman–Crippen MR) is 84.6 cm³/mol. The van der Waals surface area contributed by atoms with Crippen LogP contribution in [0.3, 0.4) is 0 Å². The Kier molecular flexibility index (Phi) is 4.82. The van der Waals surface area contributed by atoms with Gasteiger partial charge in [-0.15, -0.1) is 0 Å². The Balaban J connectivity index is 1.59. The van der Waals surface area contributed by atoms with Crippen LogP contribution in [0, 0.1) is 5.92 Å². The second-order valence-corrected chi connectivity index (χ2v) is 6.24. The minimum Gasteiger partial charge on any atom is -0.480 e. The van der Waals surface area contributed by atoms with Crippen LogP contribution < -0.4 is 9.47 Å². The molecule has 2 atom stereocenters. The average Bonchev–Trinajstić information content (AvgIpc) is 2.93. The second kappa shape index (κ2) is 7.02. The largest absolute Gasteiger partial charge is 0.480 e. The molecule has 8 heteroatoms. The standard InChI is InChI=1S/C16H22N4O4/c1-19-9-11(6-15(19)21)16(22)20-5-3-4-12(10-20)24-14-8-17-7-13(18-14)23-2/h7-8,11-12H,3-6,9-10H2,1-2H3/t11-,12+/m0/s1. The number of carbonyl (C=O) groups is 2. The Morgan fingerprint density at radius 3 is 2.79 bits per heavy atom. The van der Waals surface area contributed by atoms with Crippen molar-refractivity contribution in [3.63, 3.8) is 0 Å². The number of carbonyl (C=O) groups excluding carboxylic acids is 2. The molecule has 24 heavy (non-hydrogen) atoms. The van der Waals surface area contributed by atoms with E-state index in [9.17, 15) is 9.59 Å². The van der Waals surface area contributed by atoms with Crippen LogP contribution in [0.15, 0.2) is 12.4 Å². The summed E-state index contributed by atoms with van der Waals surface area (Å²) < 4.78 is 10.9. The van der Waals surface area contributed by atoms with E-state index in [0.717, 1.165) is 12.8 Å². The van der Waals surface area contributed by atoms with Crippen LogP contribution in [-0.2, 0) is 9.59 Å². The van der Waals surface area contributed by atoms with Gasteiger partial charge in [-0.25, -0.2) is 0 Å². The zero-order valence-electron chi connectivity index (χ0n) is 14.0. The number of nitrogens with zero attached hydrogens (tertiary/aromatic N) is 4. The van der Waals surface area contributed by atoms with Crippen LogP contribution in [0.25, 0.3) is 0 Å². The first kappa shape index (κ1) is 16.5. The summed E-state index contributed by atoms with van der Waals surface area (Å²) in [5, 5.41) is 0. The Bertz CT molecular complexity index is 624. The third-order valence-corrected chi connectivity index (χ3v) is 4.47. The molecule has 0 saturated carbocycles. The molecule has 0 unspecified atom stereocenters.